The van der Waals surface area contributed by atoms with E-state index in [2.05, 4.69) is 30.0 Å². The number of aryl methyl sites for hydroxylation is 2. The molecule has 0 spiro atoms. The molecule has 3 rings (SSSR count). The van der Waals surface area contributed by atoms with E-state index in [4.69, 9.17) is 0 Å². The Morgan fingerprint density at radius 3 is 2.29 bits per heavy atom. The molecule has 0 saturated heterocycles. The number of amides is 1. The van der Waals surface area contributed by atoms with Crippen LogP contribution in [0.15, 0.2) is 42.9 Å². The van der Waals surface area contributed by atoms with Crippen molar-refractivity contribution in [3.05, 3.63) is 59.9 Å². The predicted molar refractivity (Wildman–Crippen MR) is 119 cm³/mol. The fourth-order valence-corrected chi connectivity index (χ4v) is 3.27. The molecule has 2 aromatic heterocycles. The summed E-state index contributed by atoms with van der Waals surface area (Å²) < 4.78 is 25.1. The summed E-state index contributed by atoms with van der Waals surface area (Å²) in [4.78, 5) is 29.6. The van der Waals surface area contributed by atoms with Gasteiger partial charge in [0, 0.05) is 29.8 Å². The van der Waals surface area contributed by atoms with E-state index in [9.17, 15) is 13.2 Å². The van der Waals surface area contributed by atoms with Gasteiger partial charge in [-0.25, -0.2) is 28.4 Å². The van der Waals surface area contributed by atoms with Crippen LogP contribution in [0.3, 0.4) is 0 Å². The second kappa shape index (κ2) is 8.38. The first-order valence-corrected chi connectivity index (χ1v) is 11.4. The van der Waals surface area contributed by atoms with Gasteiger partial charge in [-0.1, -0.05) is 6.07 Å². The van der Waals surface area contributed by atoms with Gasteiger partial charge in [-0.15, -0.1) is 0 Å². The Hall–Kier alpha value is -3.40. The Bertz CT molecular complexity index is 1220. The van der Waals surface area contributed by atoms with Crippen molar-refractivity contribution in [2.45, 2.75) is 33.1 Å². The maximum atomic E-state index is 13.0. The predicted octanol–water partition coefficient (Wildman–Crippen LogP) is 2.84. The Balaban J connectivity index is 1.82. The average molecular weight is 441 g/mol. The van der Waals surface area contributed by atoms with Gasteiger partial charge in [0.2, 0.25) is 21.9 Å². The third kappa shape index (κ3) is 5.40. The molecule has 1 amide bonds. The number of nitrogens with zero attached hydrogens (tertiary/aromatic N) is 4. The molecule has 0 aliphatic rings. The minimum absolute atomic E-state index is 0.0817. The number of rotatable bonds is 6. The van der Waals surface area contributed by atoms with Gasteiger partial charge >= 0.3 is 0 Å². The highest BCUT2D eigenvalue weighted by Gasteiger charge is 2.32. The van der Waals surface area contributed by atoms with Gasteiger partial charge in [0.1, 0.15) is 5.82 Å². The van der Waals surface area contributed by atoms with E-state index >= 15 is 0 Å². The molecule has 2 N–H and O–H groups in total. The van der Waals surface area contributed by atoms with Gasteiger partial charge in [0.05, 0.1) is 17.4 Å². The second-order valence-corrected chi connectivity index (χ2v) is 9.52. The summed E-state index contributed by atoms with van der Waals surface area (Å²) in [5.74, 6) is 0.332. The molecule has 0 aliphatic carbocycles. The fourth-order valence-electron chi connectivity index (χ4n) is 2.84. The third-order valence-electron chi connectivity index (χ3n) is 4.73. The van der Waals surface area contributed by atoms with Crippen molar-refractivity contribution in [3.8, 4) is 11.1 Å². The van der Waals surface area contributed by atoms with Crippen LogP contribution in [0, 0.1) is 13.8 Å². The number of sulfonamides is 1. The number of hydrogen-bond donors (Lipinski definition) is 2. The van der Waals surface area contributed by atoms with Crippen LogP contribution in [-0.4, -0.2) is 40.5 Å². The minimum atomic E-state index is -3.53. The zero-order valence-corrected chi connectivity index (χ0v) is 18.8. The highest BCUT2D eigenvalue weighted by molar-refractivity contribution is 7.91. The van der Waals surface area contributed by atoms with Gasteiger partial charge in [-0.3, -0.25) is 9.52 Å². The Kier molecular flexibility index (Phi) is 6.03. The Morgan fingerprint density at radius 1 is 1.00 bits per heavy atom. The zero-order chi connectivity index (χ0) is 22.8. The van der Waals surface area contributed by atoms with Gasteiger partial charge in [-0.05, 0) is 57.0 Å². The van der Waals surface area contributed by atoms with Crippen LogP contribution in [0.4, 0.5) is 11.6 Å². The molecule has 0 radical (unpaired) electrons. The fraction of sp³-hybridized carbons (Fsp3) is 0.286. The molecule has 31 heavy (non-hydrogen) atoms. The van der Waals surface area contributed by atoms with Crippen LogP contribution >= 0.6 is 0 Å². The van der Waals surface area contributed by atoms with E-state index < -0.39 is 15.4 Å². The lowest BCUT2D eigenvalue weighted by atomic mass is 9.87. The third-order valence-corrected chi connectivity index (χ3v) is 5.28. The molecule has 162 valence electrons. The van der Waals surface area contributed by atoms with Crippen molar-refractivity contribution in [2.24, 2.45) is 0 Å². The molecular formula is C21H24N6O3S. The average Bonchev–Trinajstić information content (AvgIpc) is 2.69. The molecule has 1 aromatic carbocycles. The summed E-state index contributed by atoms with van der Waals surface area (Å²) in [7, 11) is -3.53. The quantitative estimate of drug-likeness (QED) is 0.603. The molecular weight excluding hydrogens is 416 g/mol. The molecule has 0 unspecified atom stereocenters. The topological polar surface area (TPSA) is 127 Å². The van der Waals surface area contributed by atoms with Crippen LogP contribution in [0.2, 0.25) is 0 Å². The lowest BCUT2D eigenvalue weighted by molar-refractivity contribution is -0.120. The van der Waals surface area contributed by atoms with Gasteiger partial charge in [0.25, 0.3) is 0 Å². The number of hydrogen-bond acceptors (Lipinski definition) is 7. The van der Waals surface area contributed by atoms with Gasteiger partial charge in [-0.2, -0.15) is 0 Å². The first-order chi connectivity index (χ1) is 14.5. The van der Waals surface area contributed by atoms with Gasteiger partial charge < -0.3 is 5.32 Å². The number of benzene rings is 1. The monoisotopic (exact) mass is 440 g/mol. The summed E-state index contributed by atoms with van der Waals surface area (Å²) in [6.45, 7) is 7.15. The van der Waals surface area contributed by atoms with Crippen LogP contribution in [0.25, 0.3) is 11.1 Å². The van der Waals surface area contributed by atoms with Crippen LogP contribution in [0.5, 0.6) is 0 Å². The minimum Gasteiger partial charge on any atom is -0.325 e. The number of nitrogens with one attached hydrogen (secondary N) is 2. The molecule has 0 aliphatic heterocycles. The molecule has 3 aromatic rings. The highest BCUT2D eigenvalue weighted by Crippen LogP contribution is 2.28. The first kappa shape index (κ1) is 22.3. The van der Waals surface area contributed by atoms with E-state index in [0.29, 0.717) is 17.2 Å². The van der Waals surface area contributed by atoms with E-state index in [1.165, 1.54) is 6.20 Å². The van der Waals surface area contributed by atoms with Crippen molar-refractivity contribution < 1.29 is 13.2 Å². The molecule has 0 bridgehead atoms. The standard InChI is InChI=1S/C21H24N6O3S/c1-13-10-15(16-11-23-14(2)24-12-16)6-7-17(13)25-19(28)21(3,4)18-8-9-22-20(26-18)27-31(5,29)30/h6-12H,1-5H3,(H,25,28)(H,22,26,27). The normalized spacial score (nSPS) is 11.8. The van der Waals surface area contributed by atoms with E-state index in [1.807, 2.05) is 32.0 Å². The van der Waals surface area contributed by atoms with E-state index in [1.54, 1.807) is 32.3 Å². The van der Waals surface area contributed by atoms with Crippen molar-refractivity contribution in [3.63, 3.8) is 0 Å². The molecule has 10 heteroatoms. The SMILES string of the molecule is Cc1ncc(-c2ccc(NC(=O)C(C)(C)c3ccnc(NS(C)(=O)=O)n3)c(C)c2)cn1. The summed E-state index contributed by atoms with van der Waals surface area (Å²) >= 11 is 0. The maximum absolute atomic E-state index is 13.0. The Morgan fingerprint density at radius 2 is 1.68 bits per heavy atom. The van der Waals surface area contributed by atoms with E-state index in [0.717, 1.165) is 22.9 Å². The Labute approximate surface area is 181 Å². The van der Waals surface area contributed by atoms with Crippen molar-refractivity contribution in [1.82, 2.24) is 19.9 Å². The molecule has 0 fully saturated rings. The number of anilines is 2. The summed E-state index contributed by atoms with van der Waals surface area (Å²) in [6, 6.07) is 7.26. The maximum Gasteiger partial charge on any atom is 0.236 e. The number of carbonyl (C=O) groups excluding carboxylic acids is 1. The van der Waals surface area contributed by atoms with Crippen LogP contribution < -0.4 is 10.0 Å². The lowest BCUT2D eigenvalue weighted by Gasteiger charge is -2.24. The molecule has 9 nitrogen and oxygen atoms in total. The molecule has 0 atom stereocenters. The smallest absolute Gasteiger partial charge is 0.236 e. The van der Waals surface area contributed by atoms with Crippen molar-refractivity contribution in [1.29, 1.82) is 0 Å². The summed E-state index contributed by atoms with van der Waals surface area (Å²) in [5, 5.41) is 2.94. The second-order valence-electron chi connectivity index (χ2n) is 7.77. The van der Waals surface area contributed by atoms with Crippen LogP contribution in [0.1, 0.15) is 30.9 Å². The van der Waals surface area contributed by atoms with E-state index in [-0.39, 0.29) is 11.9 Å². The highest BCUT2D eigenvalue weighted by atomic mass is 32.2. The number of carbonyl (C=O) groups is 1. The first-order valence-electron chi connectivity index (χ1n) is 9.48. The molecule has 0 saturated carbocycles. The number of aromatic nitrogens is 4. The van der Waals surface area contributed by atoms with Crippen molar-refractivity contribution in [2.75, 3.05) is 16.3 Å². The van der Waals surface area contributed by atoms with Crippen molar-refractivity contribution >= 4 is 27.6 Å². The lowest BCUT2D eigenvalue weighted by Crippen LogP contribution is -2.36. The summed E-state index contributed by atoms with van der Waals surface area (Å²) in [5.41, 5.74) is 2.73. The zero-order valence-electron chi connectivity index (χ0n) is 18.0. The molecule has 2 heterocycles. The van der Waals surface area contributed by atoms with Crippen LogP contribution in [-0.2, 0) is 20.2 Å². The largest absolute Gasteiger partial charge is 0.325 e. The summed E-state index contributed by atoms with van der Waals surface area (Å²) in [6.07, 6.45) is 5.94. The van der Waals surface area contributed by atoms with Gasteiger partial charge in [0.15, 0.2) is 0 Å².